The predicted octanol–water partition coefficient (Wildman–Crippen LogP) is 0.589. The Kier molecular flexibility index (Phi) is 7.41. The van der Waals surface area contributed by atoms with Gasteiger partial charge in [0.1, 0.15) is 12.2 Å². The van der Waals surface area contributed by atoms with Crippen LogP contribution in [0.1, 0.15) is 39.2 Å². The Morgan fingerprint density at radius 2 is 2.04 bits per heavy atom. The van der Waals surface area contributed by atoms with Crippen LogP contribution >= 0.6 is 11.8 Å². The molecule has 11 heteroatoms. The molecule has 156 valence electrons. The summed E-state index contributed by atoms with van der Waals surface area (Å²) < 4.78 is 7.01. The van der Waals surface area contributed by atoms with Crippen LogP contribution in [0.2, 0.25) is 0 Å². The second-order valence-corrected chi connectivity index (χ2v) is 7.82. The molecule has 0 aromatic carbocycles. The van der Waals surface area contributed by atoms with E-state index in [1.165, 1.54) is 0 Å². The van der Waals surface area contributed by atoms with Crippen LogP contribution in [0.5, 0.6) is 0 Å². The lowest BCUT2D eigenvalue weighted by molar-refractivity contribution is -0.0629. The summed E-state index contributed by atoms with van der Waals surface area (Å²) in [6.45, 7) is 4.87. The number of fused-ring (bicyclic) bond motifs is 1. The molecule has 10 nitrogen and oxygen atoms in total. The van der Waals surface area contributed by atoms with E-state index in [1.54, 1.807) is 16.4 Å². The smallest absolute Gasteiger partial charge is 0.191 e. The van der Waals surface area contributed by atoms with Crippen molar-refractivity contribution in [3.63, 3.8) is 0 Å². The molecular weight excluding hydrogens is 384 g/mol. The molecule has 2 heterocycles. The Bertz CT molecular complexity index is 775. The van der Waals surface area contributed by atoms with Crippen LogP contribution in [0.25, 0.3) is 11.2 Å². The fraction of sp³-hybridized carbons (Fsp3) is 0.765. The molecule has 0 spiro atoms. The van der Waals surface area contributed by atoms with E-state index in [-0.39, 0.29) is 13.2 Å². The van der Waals surface area contributed by atoms with Crippen LogP contribution in [-0.4, -0.2) is 84.1 Å². The van der Waals surface area contributed by atoms with Gasteiger partial charge in [0.25, 0.3) is 0 Å². The number of anilines is 1. The highest BCUT2D eigenvalue weighted by Gasteiger charge is 2.44. The van der Waals surface area contributed by atoms with Crippen molar-refractivity contribution in [2.75, 3.05) is 30.8 Å². The molecule has 0 radical (unpaired) electrons. The van der Waals surface area contributed by atoms with E-state index in [0.717, 1.165) is 25.1 Å². The minimum Gasteiger partial charge on any atom is -0.394 e. The molecule has 3 rings (SSSR count). The van der Waals surface area contributed by atoms with Crippen LogP contribution < -0.4 is 5.32 Å². The number of thioether (sulfide) groups is 1. The molecule has 28 heavy (non-hydrogen) atoms. The molecule has 0 saturated heterocycles. The number of nitrogens with zero attached hydrogens (tertiary/aromatic N) is 5. The Balaban J connectivity index is 1.94. The highest BCUT2D eigenvalue weighted by molar-refractivity contribution is 7.99. The SMILES string of the molecule is CCCNc1nc(SCCC)nc2c1nnn2[C@@H]1C[C@H](OCCO)[C@@H](O)[C@H]1O. The van der Waals surface area contributed by atoms with Crippen LogP contribution in [0.15, 0.2) is 5.16 Å². The molecule has 1 saturated carbocycles. The largest absolute Gasteiger partial charge is 0.394 e. The zero-order valence-corrected chi connectivity index (χ0v) is 17.0. The quantitative estimate of drug-likeness (QED) is 0.324. The van der Waals surface area contributed by atoms with E-state index in [1.807, 2.05) is 0 Å². The zero-order valence-electron chi connectivity index (χ0n) is 16.2. The topological polar surface area (TPSA) is 138 Å². The summed E-state index contributed by atoms with van der Waals surface area (Å²) in [5.41, 5.74) is 1.06. The lowest BCUT2D eigenvalue weighted by atomic mass is 10.2. The van der Waals surface area contributed by atoms with Gasteiger partial charge in [0, 0.05) is 18.7 Å². The van der Waals surface area contributed by atoms with Crippen molar-refractivity contribution in [3.8, 4) is 0 Å². The summed E-state index contributed by atoms with van der Waals surface area (Å²) in [5, 5.41) is 42.1. The number of ether oxygens (including phenoxy) is 1. The average molecular weight is 413 g/mol. The molecule has 1 aliphatic rings. The monoisotopic (exact) mass is 412 g/mol. The van der Waals surface area contributed by atoms with Crippen molar-refractivity contribution in [2.45, 2.75) is 62.6 Å². The first-order valence-electron chi connectivity index (χ1n) is 9.68. The van der Waals surface area contributed by atoms with Gasteiger partial charge in [-0.1, -0.05) is 30.8 Å². The van der Waals surface area contributed by atoms with Gasteiger partial charge < -0.3 is 25.4 Å². The number of hydrogen-bond acceptors (Lipinski definition) is 10. The second-order valence-electron chi connectivity index (χ2n) is 6.75. The fourth-order valence-corrected chi connectivity index (χ4v) is 3.93. The van der Waals surface area contributed by atoms with Crippen molar-refractivity contribution in [1.82, 2.24) is 25.0 Å². The summed E-state index contributed by atoms with van der Waals surface area (Å²) in [5.74, 6) is 1.51. The van der Waals surface area contributed by atoms with Crippen molar-refractivity contribution in [3.05, 3.63) is 0 Å². The van der Waals surface area contributed by atoms with E-state index >= 15 is 0 Å². The first-order chi connectivity index (χ1) is 13.6. The van der Waals surface area contributed by atoms with Gasteiger partial charge in [-0.15, -0.1) is 5.10 Å². The maximum Gasteiger partial charge on any atom is 0.191 e. The van der Waals surface area contributed by atoms with Gasteiger partial charge in [-0.05, 0) is 12.8 Å². The van der Waals surface area contributed by atoms with Gasteiger partial charge in [0.15, 0.2) is 22.1 Å². The van der Waals surface area contributed by atoms with Gasteiger partial charge >= 0.3 is 0 Å². The molecule has 0 amide bonds. The first-order valence-corrected chi connectivity index (χ1v) is 10.7. The average Bonchev–Trinajstić information content (AvgIpc) is 3.24. The molecule has 4 N–H and O–H groups in total. The minimum absolute atomic E-state index is 0.102. The van der Waals surface area contributed by atoms with Crippen LogP contribution in [-0.2, 0) is 4.74 Å². The summed E-state index contributed by atoms with van der Waals surface area (Å²) >= 11 is 1.56. The number of nitrogens with one attached hydrogen (secondary N) is 1. The highest BCUT2D eigenvalue weighted by atomic mass is 32.2. The van der Waals surface area contributed by atoms with Crippen LogP contribution in [0.4, 0.5) is 5.82 Å². The van der Waals surface area contributed by atoms with E-state index < -0.39 is 24.4 Å². The normalized spacial score (nSPS) is 24.9. The van der Waals surface area contributed by atoms with E-state index in [9.17, 15) is 10.2 Å². The third-order valence-corrected chi connectivity index (χ3v) is 5.67. The molecule has 0 unspecified atom stereocenters. The first kappa shape index (κ1) is 21.2. The molecule has 0 aliphatic heterocycles. The Morgan fingerprint density at radius 3 is 2.75 bits per heavy atom. The second kappa shape index (κ2) is 9.79. The lowest BCUT2D eigenvalue weighted by Crippen LogP contribution is -2.33. The Hall–Kier alpha value is -1.53. The molecule has 2 aromatic rings. The molecular formula is C17H28N6O4S. The summed E-state index contributed by atoms with van der Waals surface area (Å²) in [4.78, 5) is 9.17. The summed E-state index contributed by atoms with van der Waals surface area (Å²) in [6.07, 6.45) is -0.431. The molecule has 1 fully saturated rings. The molecule has 2 aromatic heterocycles. The minimum atomic E-state index is -1.07. The van der Waals surface area contributed by atoms with Crippen molar-refractivity contribution >= 4 is 28.7 Å². The number of rotatable bonds is 10. The van der Waals surface area contributed by atoms with Crippen LogP contribution in [0.3, 0.4) is 0 Å². The zero-order chi connectivity index (χ0) is 20.1. The third kappa shape index (κ3) is 4.38. The standard InChI is InChI=1S/C17H28N6O4S/c1-3-5-18-15-12-16(20-17(19-15)28-8-4-2)23(22-21-12)10-9-11(27-7-6-24)14(26)13(10)25/h10-11,13-14,24-26H,3-9H2,1-2H3,(H,18,19,20)/t10-,11+,13+,14-/m1/s1. The van der Waals surface area contributed by atoms with Crippen molar-refractivity contribution in [1.29, 1.82) is 0 Å². The Labute approximate surface area is 167 Å². The molecule has 4 atom stereocenters. The van der Waals surface area contributed by atoms with E-state index in [0.29, 0.717) is 28.6 Å². The van der Waals surface area contributed by atoms with Gasteiger partial charge in [0.2, 0.25) is 0 Å². The van der Waals surface area contributed by atoms with Gasteiger partial charge in [-0.3, -0.25) is 0 Å². The fourth-order valence-electron chi connectivity index (χ4n) is 3.24. The predicted molar refractivity (Wildman–Crippen MR) is 105 cm³/mol. The number of aliphatic hydroxyl groups excluding tert-OH is 3. The van der Waals surface area contributed by atoms with Gasteiger partial charge in [-0.2, -0.15) is 0 Å². The number of hydrogen-bond donors (Lipinski definition) is 4. The van der Waals surface area contributed by atoms with Gasteiger partial charge in [0.05, 0.1) is 25.4 Å². The number of aliphatic hydroxyl groups is 3. The maximum absolute atomic E-state index is 10.5. The maximum atomic E-state index is 10.5. The third-order valence-electron chi connectivity index (χ3n) is 4.62. The lowest BCUT2D eigenvalue weighted by Gasteiger charge is -2.17. The van der Waals surface area contributed by atoms with Crippen molar-refractivity contribution in [2.24, 2.45) is 0 Å². The van der Waals surface area contributed by atoms with Crippen LogP contribution in [0, 0.1) is 0 Å². The molecule has 1 aliphatic carbocycles. The summed E-state index contributed by atoms with van der Waals surface area (Å²) in [6, 6.07) is -0.526. The van der Waals surface area contributed by atoms with E-state index in [2.05, 4.69) is 39.4 Å². The van der Waals surface area contributed by atoms with E-state index in [4.69, 9.17) is 9.84 Å². The highest BCUT2D eigenvalue weighted by Crippen LogP contribution is 2.35. The van der Waals surface area contributed by atoms with Crippen molar-refractivity contribution < 1.29 is 20.1 Å². The Morgan fingerprint density at radius 1 is 1.21 bits per heavy atom. The molecule has 0 bridgehead atoms. The summed E-state index contributed by atoms with van der Waals surface area (Å²) in [7, 11) is 0. The number of aromatic nitrogens is 5. The van der Waals surface area contributed by atoms with Gasteiger partial charge in [-0.25, -0.2) is 14.6 Å².